The monoisotopic (exact) mass is 506 g/mol. The lowest BCUT2D eigenvalue weighted by Crippen LogP contribution is -2.39. The highest BCUT2D eigenvalue weighted by Gasteiger charge is 2.11. The number of aliphatic imine (C=N–C) groups is 1. The van der Waals surface area contributed by atoms with E-state index in [9.17, 15) is 8.78 Å². The van der Waals surface area contributed by atoms with Crippen LogP contribution in [-0.4, -0.2) is 44.8 Å². The number of guanidine groups is 1. The minimum Gasteiger partial charge on any atom is -0.493 e. The van der Waals surface area contributed by atoms with Crippen molar-refractivity contribution in [2.24, 2.45) is 4.99 Å². The normalized spacial score (nSPS) is 11.0. The fraction of sp³-hybridized carbons (Fsp3) is 0.368. The van der Waals surface area contributed by atoms with Gasteiger partial charge in [0.25, 0.3) is 0 Å². The number of benzene rings is 1. The third kappa shape index (κ3) is 8.24. The Bertz CT molecular complexity index is 733. The first kappa shape index (κ1) is 23.9. The fourth-order valence-electron chi connectivity index (χ4n) is 2.47. The second kappa shape index (κ2) is 13.1. The molecule has 2 aromatic rings. The number of aromatic nitrogens is 1. The molecule has 0 amide bonds. The van der Waals surface area contributed by atoms with Crippen LogP contribution in [0, 0.1) is 0 Å². The van der Waals surface area contributed by atoms with E-state index in [1.807, 2.05) is 24.3 Å². The molecule has 6 nitrogen and oxygen atoms in total. The van der Waals surface area contributed by atoms with Crippen LogP contribution in [0.4, 0.5) is 8.78 Å². The van der Waals surface area contributed by atoms with Crippen LogP contribution in [-0.2, 0) is 12.8 Å². The van der Waals surface area contributed by atoms with E-state index in [4.69, 9.17) is 4.74 Å². The van der Waals surface area contributed by atoms with Crippen LogP contribution in [0.15, 0.2) is 47.6 Å². The zero-order valence-corrected chi connectivity index (χ0v) is 18.2. The Hall–Kier alpha value is -2.17. The molecule has 28 heavy (non-hydrogen) atoms. The molecule has 1 heterocycles. The summed E-state index contributed by atoms with van der Waals surface area (Å²) < 4.78 is 34.5. The summed E-state index contributed by atoms with van der Waals surface area (Å²) in [4.78, 5) is 8.44. The first-order chi connectivity index (χ1) is 13.1. The number of nitrogens with one attached hydrogen (secondary N) is 2. The maximum Gasteiger partial charge on any atom is 0.387 e. The zero-order valence-electron chi connectivity index (χ0n) is 15.8. The number of alkyl halides is 2. The third-order valence-electron chi connectivity index (χ3n) is 3.77. The van der Waals surface area contributed by atoms with Crippen molar-refractivity contribution in [1.29, 1.82) is 0 Å². The third-order valence-corrected chi connectivity index (χ3v) is 3.77. The van der Waals surface area contributed by atoms with Crippen molar-refractivity contribution >= 4 is 29.9 Å². The molecule has 1 aromatic carbocycles. The average molecular weight is 506 g/mol. The first-order valence-corrected chi connectivity index (χ1v) is 8.58. The molecule has 1 aromatic heterocycles. The SMILES string of the molecule is CN=C(NCCc1ccc(OC)c(OC(F)F)c1)NCCc1ccccn1.I. The van der Waals surface area contributed by atoms with Gasteiger partial charge in [-0.3, -0.25) is 9.98 Å². The molecule has 0 spiro atoms. The minimum absolute atomic E-state index is 0. The molecule has 0 aliphatic rings. The second-order valence-electron chi connectivity index (χ2n) is 5.61. The van der Waals surface area contributed by atoms with Gasteiger partial charge in [-0.1, -0.05) is 12.1 Å². The van der Waals surface area contributed by atoms with Crippen molar-refractivity contribution in [3.8, 4) is 11.5 Å². The fourth-order valence-corrected chi connectivity index (χ4v) is 2.47. The van der Waals surface area contributed by atoms with Crippen LogP contribution < -0.4 is 20.1 Å². The maximum absolute atomic E-state index is 12.5. The van der Waals surface area contributed by atoms with Gasteiger partial charge in [0.1, 0.15) is 0 Å². The van der Waals surface area contributed by atoms with Crippen LogP contribution in [0.3, 0.4) is 0 Å². The number of hydrogen-bond donors (Lipinski definition) is 2. The molecular formula is C19H25F2IN4O2. The van der Waals surface area contributed by atoms with Crippen LogP contribution in [0.5, 0.6) is 11.5 Å². The Labute approximate surface area is 180 Å². The smallest absolute Gasteiger partial charge is 0.387 e. The number of nitrogens with zero attached hydrogens (tertiary/aromatic N) is 2. The van der Waals surface area contributed by atoms with Gasteiger partial charge >= 0.3 is 6.61 Å². The van der Waals surface area contributed by atoms with Gasteiger partial charge in [0.2, 0.25) is 0 Å². The Kier molecular flexibility index (Phi) is 11.2. The molecule has 0 atom stereocenters. The molecule has 154 valence electrons. The van der Waals surface area contributed by atoms with E-state index in [1.54, 1.807) is 25.4 Å². The quantitative estimate of drug-likeness (QED) is 0.311. The largest absolute Gasteiger partial charge is 0.493 e. The van der Waals surface area contributed by atoms with Gasteiger partial charge < -0.3 is 20.1 Å². The summed E-state index contributed by atoms with van der Waals surface area (Å²) >= 11 is 0. The summed E-state index contributed by atoms with van der Waals surface area (Å²) in [7, 11) is 3.10. The summed E-state index contributed by atoms with van der Waals surface area (Å²) in [6.07, 6.45) is 3.17. The Morgan fingerprint density at radius 2 is 1.86 bits per heavy atom. The van der Waals surface area contributed by atoms with Crippen molar-refractivity contribution in [2.75, 3.05) is 27.2 Å². The van der Waals surface area contributed by atoms with Crippen molar-refractivity contribution in [3.63, 3.8) is 0 Å². The number of halogens is 3. The highest BCUT2D eigenvalue weighted by Crippen LogP contribution is 2.29. The van der Waals surface area contributed by atoms with Gasteiger partial charge in [0.15, 0.2) is 17.5 Å². The number of ether oxygens (including phenoxy) is 2. The Morgan fingerprint density at radius 3 is 2.46 bits per heavy atom. The van der Waals surface area contributed by atoms with E-state index < -0.39 is 6.61 Å². The lowest BCUT2D eigenvalue weighted by molar-refractivity contribution is -0.0512. The highest BCUT2D eigenvalue weighted by atomic mass is 127. The van der Waals surface area contributed by atoms with Crippen molar-refractivity contribution < 1.29 is 18.3 Å². The Balaban J connectivity index is 0.00000392. The van der Waals surface area contributed by atoms with Crippen LogP contribution in [0.1, 0.15) is 11.3 Å². The molecule has 0 saturated heterocycles. The lowest BCUT2D eigenvalue weighted by atomic mass is 10.1. The molecule has 0 radical (unpaired) electrons. The topological polar surface area (TPSA) is 67.8 Å². The summed E-state index contributed by atoms with van der Waals surface area (Å²) in [6.45, 7) is -1.61. The van der Waals surface area contributed by atoms with Crippen molar-refractivity contribution in [3.05, 3.63) is 53.9 Å². The van der Waals surface area contributed by atoms with Gasteiger partial charge in [-0.15, -0.1) is 24.0 Å². The predicted octanol–water partition coefficient (Wildman–Crippen LogP) is 3.26. The molecular weight excluding hydrogens is 481 g/mol. The molecule has 0 aliphatic carbocycles. The van der Waals surface area contributed by atoms with Crippen molar-refractivity contribution in [2.45, 2.75) is 19.5 Å². The van der Waals surface area contributed by atoms with Gasteiger partial charge in [0, 0.05) is 38.4 Å². The van der Waals surface area contributed by atoms with Gasteiger partial charge in [-0.05, 0) is 36.2 Å². The summed E-state index contributed by atoms with van der Waals surface area (Å²) in [5.41, 5.74) is 1.85. The molecule has 0 unspecified atom stereocenters. The number of hydrogen-bond acceptors (Lipinski definition) is 4. The first-order valence-electron chi connectivity index (χ1n) is 8.58. The molecule has 0 saturated carbocycles. The predicted molar refractivity (Wildman–Crippen MR) is 116 cm³/mol. The van der Waals surface area contributed by atoms with Crippen LogP contribution in [0.25, 0.3) is 0 Å². The average Bonchev–Trinajstić information content (AvgIpc) is 2.67. The van der Waals surface area contributed by atoms with E-state index in [0.717, 1.165) is 17.7 Å². The standard InChI is InChI=1S/C19H24F2N4O2.HI/c1-22-19(25-12-9-15-5-3-4-10-23-15)24-11-8-14-6-7-16(26-2)17(13-14)27-18(20)21;/h3-7,10,13,18H,8-9,11-12H2,1-2H3,(H2,22,24,25);1H. The van der Waals surface area contributed by atoms with Gasteiger partial charge in [-0.25, -0.2) is 0 Å². The van der Waals surface area contributed by atoms with E-state index in [2.05, 4.69) is 25.3 Å². The highest BCUT2D eigenvalue weighted by molar-refractivity contribution is 14.0. The minimum atomic E-state index is -2.89. The van der Waals surface area contributed by atoms with Crippen LogP contribution in [0.2, 0.25) is 0 Å². The molecule has 0 fully saturated rings. The zero-order chi connectivity index (χ0) is 19.5. The Morgan fingerprint density at radius 1 is 1.11 bits per heavy atom. The van der Waals surface area contributed by atoms with E-state index in [-0.39, 0.29) is 35.5 Å². The summed E-state index contributed by atoms with van der Waals surface area (Å²) in [6, 6.07) is 10.8. The molecule has 2 N–H and O–H groups in total. The molecule has 0 bridgehead atoms. The van der Waals surface area contributed by atoms with E-state index in [1.165, 1.54) is 7.11 Å². The number of rotatable bonds is 9. The second-order valence-corrected chi connectivity index (χ2v) is 5.61. The summed E-state index contributed by atoms with van der Waals surface area (Å²) in [5.74, 6) is 0.977. The number of pyridine rings is 1. The van der Waals surface area contributed by atoms with E-state index >= 15 is 0 Å². The molecule has 9 heteroatoms. The van der Waals surface area contributed by atoms with Gasteiger partial charge in [-0.2, -0.15) is 8.78 Å². The van der Waals surface area contributed by atoms with Gasteiger partial charge in [0.05, 0.1) is 7.11 Å². The van der Waals surface area contributed by atoms with Crippen molar-refractivity contribution in [1.82, 2.24) is 15.6 Å². The molecule has 0 aliphatic heterocycles. The van der Waals surface area contributed by atoms with Crippen LogP contribution >= 0.6 is 24.0 Å². The number of methoxy groups -OCH3 is 1. The maximum atomic E-state index is 12.5. The molecule has 2 rings (SSSR count). The summed E-state index contributed by atoms with van der Waals surface area (Å²) in [5, 5.41) is 6.41. The van der Waals surface area contributed by atoms with E-state index in [0.29, 0.717) is 25.5 Å². The lowest BCUT2D eigenvalue weighted by Gasteiger charge is -2.13.